The number of nitrogens with zero attached hydrogens (tertiary/aromatic N) is 5. The minimum atomic E-state index is 0.215. The Labute approximate surface area is 163 Å². The second-order valence-electron chi connectivity index (χ2n) is 6.60. The van der Waals surface area contributed by atoms with E-state index in [0.29, 0.717) is 0 Å². The zero-order valence-electron chi connectivity index (χ0n) is 15.6. The first-order valence-electron chi connectivity index (χ1n) is 9.43. The number of aromatic nitrogens is 3. The van der Waals surface area contributed by atoms with Gasteiger partial charge >= 0.3 is 0 Å². The fraction of sp³-hybridized carbons (Fsp3) is 0.400. The van der Waals surface area contributed by atoms with Crippen molar-refractivity contribution in [2.24, 2.45) is 0 Å². The van der Waals surface area contributed by atoms with E-state index in [0.717, 1.165) is 61.2 Å². The molecule has 2 aromatic heterocycles. The molecule has 1 N–H and O–H groups in total. The van der Waals surface area contributed by atoms with E-state index in [1.165, 1.54) is 4.90 Å². The van der Waals surface area contributed by atoms with Crippen molar-refractivity contribution in [3.63, 3.8) is 0 Å². The molecule has 3 heterocycles. The van der Waals surface area contributed by atoms with Crippen molar-refractivity contribution in [1.82, 2.24) is 19.3 Å². The van der Waals surface area contributed by atoms with Crippen LogP contribution < -0.4 is 4.90 Å². The summed E-state index contributed by atoms with van der Waals surface area (Å²) in [5.74, 6) is 2.01. The van der Waals surface area contributed by atoms with Gasteiger partial charge in [-0.15, -0.1) is 11.8 Å². The summed E-state index contributed by atoms with van der Waals surface area (Å²) in [4.78, 5) is 15.2. The number of hydrogen-bond acceptors (Lipinski definition) is 6. The molecule has 0 atom stereocenters. The zero-order valence-corrected chi connectivity index (χ0v) is 16.4. The van der Waals surface area contributed by atoms with E-state index in [2.05, 4.69) is 50.4 Å². The average molecular weight is 384 g/mol. The first-order valence-corrected chi connectivity index (χ1v) is 10.4. The number of fused-ring (bicyclic) bond motifs is 1. The Balaban J connectivity index is 1.61. The number of imidazole rings is 1. The quantitative estimate of drug-likeness (QED) is 0.661. The summed E-state index contributed by atoms with van der Waals surface area (Å²) in [5, 5.41) is 9.12. The van der Waals surface area contributed by atoms with Gasteiger partial charge in [-0.2, -0.15) is 0 Å². The molecule has 0 unspecified atom stereocenters. The number of piperazine rings is 1. The SMILES string of the molecule is CCSc1ccc(-c2cnc(N3CCN(CCO)CC3)c3nccn23)cc1. The monoisotopic (exact) mass is 383 g/mol. The zero-order chi connectivity index (χ0) is 18.6. The maximum absolute atomic E-state index is 9.12. The van der Waals surface area contributed by atoms with Crippen molar-refractivity contribution in [2.45, 2.75) is 11.8 Å². The van der Waals surface area contributed by atoms with Gasteiger partial charge in [0.25, 0.3) is 0 Å². The van der Waals surface area contributed by atoms with Crippen LogP contribution in [0.15, 0.2) is 47.8 Å². The van der Waals surface area contributed by atoms with Crippen molar-refractivity contribution in [1.29, 1.82) is 0 Å². The summed E-state index contributed by atoms with van der Waals surface area (Å²) in [5.41, 5.74) is 3.10. The summed E-state index contributed by atoms with van der Waals surface area (Å²) >= 11 is 1.85. The molecule has 0 radical (unpaired) electrons. The molecule has 27 heavy (non-hydrogen) atoms. The van der Waals surface area contributed by atoms with Crippen LogP contribution in [0.2, 0.25) is 0 Å². The smallest absolute Gasteiger partial charge is 0.180 e. The average Bonchev–Trinajstić information content (AvgIpc) is 3.19. The van der Waals surface area contributed by atoms with Gasteiger partial charge in [0.15, 0.2) is 11.5 Å². The molecule has 0 aliphatic carbocycles. The van der Waals surface area contributed by atoms with Gasteiger partial charge in [-0.25, -0.2) is 9.97 Å². The second-order valence-corrected chi connectivity index (χ2v) is 7.94. The third kappa shape index (κ3) is 3.81. The molecule has 0 spiro atoms. The Kier molecular flexibility index (Phi) is 5.61. The fourth-order valence-corrected chi connectivity index (χ4v) is 4.22. The molecule has 3 aromatic rings. The predicted octanol–water partition coefficient (Wildman–Crippen LogP) is 2.62. The van der Waals surface area contributed by atoms with Crippen molar-refractivity contribution in [3.05, 3.63) is 42.9 Å². The minimum absolute atomic E-state index is 0.215. The number of aliphatic hydroxyl groups is 1. The summed E-state index contributed by atoms with van der Waals surface area (Å²) < 4.78 is 2.13. The molecule has 1 aromatic carbocycles. The Morgan fingerprint density at radius 2 is 1.85 bits per heavy atom. The standard InChI is InChI=1S/C20H25N5OS/c1-2-27-17-5-3-16(4-6-17)18-15-22-19(20-21-7-8-25(18)20)24-11-9-23(10-12-24)13-14-26/h3-8,15,26H,2,9-14H2,1H3. The van der Waals surface area contributed by atoms with Gasteiger partial charge in [0.1, 0.15) is 0 Å². The molecule has 6 nitrogen and oxygen atoms in total. The van der Waals surface area contributed by atoms with Gasteiger partial charge in [0.2, 0.25) is 0 Å². The highest BCUT2D eigenvalue weighted by molar-refractivity contribution is 7.99. The number of thioether (sulfide) groups is 1. The highest BCUT2D eigenvalue weighted by atomic mass is 32.2. The lowest BCUT2D eigenvalue weighted by Crippen LogP contribution is -2.47. The van der Waals surface area contributed by atoms with Crippen LogP contribution in [0.1, 0.15) is 6.92 Å². The number of anilines is 1. The fourth-order valence-electron chi connectivity index (χ4n) is 3.56. The largest absolute Gasteiger partial charge is 0.395 e. The first kappa shape index (κ1) is 18.3. The molecule has 1 saturated heterocycles. The van der Waals surface area contributed by atoms with E-state index in [1.807, 2.05) is 30.4 Å². The number of aliphatic hydroxyl groups excluding tert-OH is 1. The lowest BCUT2D eigenvalue weighted by molar-refractivity contribution is 0.188. The topological polar surface area (TPSA) is 56.9 Å². The molecule has 142 valence electrons. The van der Waals surface area contributed by atoms with Gasteiger partial charge in [-0.3, -0.25) is 9.30 Å². The summed E-state index contributed by atoms with van der Waals surface area (Å²) in [7, 11) is 0. The third-order valence-corrected chi connectivity index (χ3v) is 5.85. The molecular formula is C20H25N5OS. The number of rotatable bonds is 6. The summed E-state index contributed by atoms with van der Waals surface area (Å²) in [6, 6.07) is 8.64. The lowest BCUT2D eigenvalue weighted by Gasteiger charge is -2.35. The minimum Gasteiger partial charge on any atom is -0.395 e. The third-order valence-electron chi connectivity index (χ3n) is 4.96. The second kappa shape index (κ2) is 8.29. The van der Waals surface area contributed by atoms with E-state index >= 15 is 0 Å². The Morgan fingerprint density at radius 3 is 2.56 bits per heavy atom. The van der Waals surface area contributed by atoms with Crippen LogP contribution >= 0.6 is 11.8 Å². The van der Waals surface area contributed by atoms with E-state index in [9.17, 15) is 0 Å². The van der Waals surface area contributed by atoms with E-state index < -0.39 is 0 Å². The van der Waals surface area contributed by atoms with Crippen LogP contribution in [-0.2, 0) is 0 Å². The molecule has 4 rings (SSSR count). The van der Waals surface area contributed by atoms with E-state index in [4.69, 9.17) is 10.1 Å². The van der Waals surface area contributed by atoms with Gasteiger partial charge in [0, 0.05) is 55.6 Å². The van der Waals surface area contributed by atoms with Crippen LogP contribution in [0, 0.1) is 0 Å². The Hall–Kier alpha value is -2.09. The highest BCUT2D eigenvalue weighted by Gasteiger charge is 2.21. The van der Waals surface area contributed by atoms with Crippen molar-refractivity contribution in [2.75, 3.05) is 50.0 Å². The Bertz CT molecular complexity index is 887. The predicted molar refractivity (Wildman–Crippen MR) is 111 cm³/mol. The molecule has 1 aliphatic heterocycles. The lowest BCUT2D eigenvalue weighted by atomic mass is 10.1. The number of β-amino-alcohol motifs (C(OH)–C–C–N with tert-alkyl or cyclic N) is 1. The van der Waals surface area contributed by atoms with E-state index in [-0.39, 0.29) is 6.61 Å². The maximum Gasteiger partial charge on any atom is 0.180 e. The van der Waals surface area contributed by atoms with Gasteiger partial charge in [-0.05, 0) is 17.9 Å². The summed E-state index contributed by atoms with van der Waals surface area (Å²) in [6.45, 7) is 6.80. The molecule has 7 heteroatoms. The number of hydrogen-bond donors (Lipinski definition) is 1. The number of benzene rings is 1. The first-order chi connectivity index (χ1) is 13.3. The molecule has 0 saturated carbocycles. The van der Waals surface area contributed by atoms with E-state index in [1.54, 1.807) is 0 Å². The van der Waals surface area contributed by atoms with Crippen LogP contribution in [0.3, 0.4) is 0 Å². The molecular weight excluding hydrogens is 358 g/mol. The van der Waals surface area contributed by atoms with Crippen molar-refractivity contribution < 1.29 is 5.11 Å². The van der Waals surface area contributed by atoms with Gasteiger partial charge in [-0.1, -0.05) is 19.1 Å². The van der Waals surface area contributed by atoms with Gasteiger partial charge in [0.05, 0.1) is 18.5 Å². The molecule has 1 aliphatic rings. The van der Waals surface area contributed by atoms with Crippen LogP contribution in [-0.4, -0.2) is 69.5 Å². The Morgan fingerprint density at radius 1 is 1.07 bits per heavy atom. The molecule has 1 fully saturated rings. The highest BCUT2D eigenvalue weighted by Crippen LogP contribution is 2.27. The van der Waals surface area contributed by atoms with Crippen LogP contribution in [0.5, 0.6) is 0 Å². The normalized spacial score (nSPS) is 15.6. The van der Waals surface area contributed by atoms with Gasteiger partial charge < -0.3 is 10.0 Å². The molecule has 0 amide bonds. The van der Waals surface area contributed by atoms with Crippen LogP contribution in [0.25, 0.3) is 16.9 Å². The molecule has 0 bridgehead atoms. The van der Waals surface area contributed by atoms with Crippen LogP contribution in [0.4, 0.5) is 5.82 Å². The van der Waals surface area contributed by atoms with Crippen molar-refractivity contribution >= 4 is 23.2 Å². The van der Waals surface area contributed by atoms with Crippen molar-refractivity contribution in [3.8, 4) is 11.3 Å². The summed E-state index contributed by atoms with van der Waals surface area (Å²) in [6.07, 6.45) is 5.80. The maximum atomic E-state index is 9.12.